The fourth-order valence-electron chi connectivity index (χ4n) is 3.47. The van der Waals surface area contributed by atoms with Gasteiger partial charge in [0.25, 0.3) is 5.91 Å². The minimum Gasteiger partial charge on any atom is -0.449 e. The third-order valence-electron chi connectivity index (χ3n) is 4.94. The number of aromatic nitrogens is 2. The van der Waals surface area contributed by atoms with Crippen molar-refractivity contribution in [3.05, 3.63) is 78.6 Å². The van der Waals surface area contributed by atoms with Crippen molar-refractivity contribution >= 4 is 46.0 Å². The second kappa shape index (κ2) is 7.35. The summed E-state index contributed by atoms with van der Waals surface area (Å²) in [5.74, 6) is -0.855. The summed E-state index contributed by atoms with van der Waals surface area (Å²) in [6.45, 7) is 1.60. The van der Waals surface area contributed by atoms with E-state index in [-0.39, 0.29) is 5.91 Å². The van der Waals surface area contributed by atoms with Crippen molar-refractivity contribution in [3.63, 3.8) is 0 Å². The predicted octanol–water partition coefficient (Wildman–Crippen LogP) is 4.94. The summed E-state index contributed by atoms with van der Waals surface area (Å²) in [6.07, 6.45) is 0.606. The third-order valence-corrected chi connectivity index (χ3v) is 6.07. The Bertz CT molecular complexity index is 1240. The third kappa shape index (κ3) is 3.13. The second-order valence-corrected chi connectivity index (χ2v) is 7.98. The molecule has 1 N–H and O–H groups in total. The van der Waals surface area contributed by atoms with E-state index in [4.69, 9.17) is 4.74 Å². The molecule has 2 heterocycles. The summed E-state index contributed by atoms with van der Waals surface area (Å²) < 4.78 is 5.54. The number of hydrogen-bond acceptors (Lipinski definition) is 5. The zero-order valence-electron chi connectivity index (χ0n) is 16.0. The number of esters is 1. The van der Waals surface area contributed by atoms with Crippen LogP contribution in [0, 0.1) is 0 Å². The molecular formula is C23H17N3O3S. The lowest BCUT2D eigenvalue weighted by atomic mass is 10.2. The Morgan fingerprint density at radius 2 is 1.67 bits per heavy atom. The van der Waals surface area contributed by atoms with Gasteiger partial charge in [0.05, 0.1) is 34.3 Å². The smallest absolute Gasteiger partial charge is 0.338 e. The second-order valence-electron chi connectivity index (χ2n) is 6.89. The van der Waals surface area contributed by atoms with E-state index >= 15 is 0 Å². The fourth-order valence-corrected chi connectivity index (χ4v) is 4.52. The first-order valence-electron chi connectivity index (χ1n) is 9.46. The first-order valence-corrected chi connectivity index (χ1v) is 10.3. The number of rotatable bonds is 3. The Balaban J connectivity index is 1.43. The summed E-state index contributed by atoms with van der Waals surface area (Å²) in [7, 11) is 0. The summed E-state index contributed by atoms with van der Waals surface area (Å²) in [6, 6.07) is 20.5. The van der Waals surface area contributed by atoms with Gasteiger partial charge in [-0.05, 0) is 49.4 Å². The zero-order valence-corrected chi connectivity index (χ0v) is 16.8. The van der Waals surface area contributed by atoms with Crippen molar-refractivity contribution in [2.24, 2.45) is 0 Å². The van der Waals surface area contributed by atoms with Crippen LogP contribution in [0.3, 0.4) is 0 Å². The summed E-state index contributed by atoms with van der Waals surface area (Å²) in [5.41, 5.74) is 3.43. The van der Waals surface area contributed by atoms with Crippen LogP contribution in [0.15, 0.2) is 82.8 Å². The van der Waals surface area contributed by atoms with E-state index in [2.05, 4.69) is 9.97 Å². The van der Waals surface area contributed by atoms with Crippen molar-refractivity contribution in [2.45, 2.75) is 22.8 Å². The number of carbonyl (C=O) groups excluding carboxylic acids is 2. The number of imidazole rings is 1. The Kier molecular flexibility index (Phi) is 4.52. The van der Waals surface area contributed by atoms with Crippen LogP contribution in [0.2, 0.25) is 0 Å². The van der Waals surface area contributed by atoms with E-state index in [0.29, 0.717) is 5.56 Å². The molecule has 0 spiro atoms. The van der Waals surface area contributed by atoms with Gasteiger partial charge in [0.1, 0.15) is 0 Å². The molecule has 0 saturated carbocycles. The van der Waals surface area contributed by atoms with Gasteiger partial charge in [-0.2, -0.15) is 0 Å². The molecule has 1 amide bonds. The number of para-hydroxylation sites is 2. The largest absolute Gasteiger partial charge is 0.449 e. The van der Waals surface area contributed by atoms with Crippen molar-refractivity contribution in [2.75, 3.05) is 4.90 Å². The Morgan fingerprint density at radius 3 is 2.37 bits per heavy atom. The number of benzene rings is 3. The van der Waals surface area contributed by atoms with Gasteiger partial charge in [-0.25, -0.2) is 9.78 Å². The highest BCUT2D eigenvalue weighted by atomic mass is 32.2. The van der Waals surface area contributed by atoms with E-state index in [1.807, 2.05) is 48.5 Å². The molecule has 1 aliphatic rings. The highest BCUT2D eigenvalue weighted by Gasteiger charge is 2.32. The monoisotopic (exact) mass is 415 g/mol. The van der Waals surface area contributed by atoms with Gasteiger partial charge in [0.2, 0.25) is 0 Å². The van der Waals surface area contributed by atoms with Crippen LogP contribution in [-0.2, 0) is 9.53 Å². The number of fused-ring (bicyclic) bond motifs is 3. The topological polar surface area (TPSA) is 75.3 Å². The summed E-state index contributed by atoms with van der Waals surface area (Å²) in [5, 5.41) is 0. The van der Waals surface area contributed by atoms with Crippen LogP contribution in [0.4, 0.5) is 11.4 Å². The molecule has 0 radical (unpaired) electrons. The van der Waals surface area contributed by atoms with Crippen molar-refractivity contribution in [1.29, 1.82) is 0 Å². The van der Waals surface area contributed by atoms with Gasteiger partial charge < -0.3 is 9.72 Å². The molecule has 0 aliphatic carbocycles. The molecule has 30 heavy (non-hydrogen) atoms. The van der Waals surface area contributed by atoms with E-state index in [1.54, 1.807) is 48.1 Å². The number of H-pyrrole nitrogens is 1. The maximum atomic E-state index is 13.4. The van der Waals surface area contributed by atoms with Gasteiger partial charge in [0.15, 0.2) is 6.10 Å². The van der Waals surface area contributed by atoms with Gasteiger partial charge >= 0.3 is 5.97 Å². The number of nitrogens with zero attached hydrogens (tertiary/aromatic N) is 2. The van der Waals surface area contributed by atoms with Crippen molar-refractivity contribution in [1.82, 2.24) is 9.97 Å². The lowest BCUT2D eigenvalue weighted by Crippen LogP contribution is -2.38. The molecule has 1 unspecified atom stereocenters. The molecule has 1 atom stereocenters. The summed E-state index contributed by atoms with van der Waals surface area (Å²) >= 11 is 1.62. The fraction of sp³-hybridized carbons (Fsp3) is 0.0870. The Morgan fingerprint density at radius 1 is 1.00 bits per heavy atom. The highest BCUT2D eigenvalue weighted by Crippen LogP contribution is 2.48. The molecule has 0 saturated heterocycles. The van der Waals surface area contributed by atoms with Crippen LogP contribution in [0.1, 0.15) is 17.3 Å². The normalized spacial score (nSPS) is 13.4. The molecule has 0 bridgehead atoms. The van der Waals surface area contributed by atoms with E-state index in [1.165, 1.54) is 0 Å². The average Bonchev–Trinajstić information content (AvgIpc) is 3.24. The molecule has 3 aromatic carbocycles. The van der Waals surface area contributed by atoms with Crippen LogP contribution >= 0.6 is 11.8 Å². The molecule has 1 aliphatic heterocycles. The lowest BCUT2D eigenvalue weighted by molar-refractivity contribution is -0.125. The molecule has 1 aromatic heterocycles. The van der Waals surface area contributed by atoms with Gasteiger partial charge in [-0.1, -0.05) is 36.0 Å². The van der Waals surface area contributed by atoms with Crippen LogP contribution in [0.25, 0.3) is 11.0 Å². The van der Waals surface area contributed by atoms with Gasteiger partial charge in [0, 0.05) is 9.79 Å². The maximum Gasteiger partial charge on any atom is 0.338 e. The SMILES string of the molecule is CC(OC(=O)c1ccc2nc[nH]c2c1)C(=O)N1c2ccccc2Sc2ccccc21. The lowest BCUT2D eigenvalue weighted by Gasteiger charge is -2.32. The molecule has 6 nitrogen and oxygen atoms in total. The Hall–Kier alpha value is -3.58. The number of nitrogens with one attached hydrogen (secondary N) is 1. The van der Waals surface area contributed by atoms with E-state index in [0.717, 1.165) is 32.2 Å². The molecule has 148 valence electrons. The number of carbonyl (C=O) groups is 2. The summed E-state index contributed by atoms with van der Waals surface area (Å²) in [4.78, 5) is 36.8. The molecule has 5 rings (SSSR count). The number of hydrogen-bond donors (Lipinski definition) is 1. The quantitative estimate of drug-likeness (QED) is 0.480. The van der Waals surface area contributed by atoms with Crippen molar-refractivity contribution in [3.8, 4) is 0 Å². The number of aromatic amines is 1. The van der Waals surface area contributed by atoms with Gasteiger partial charge in [-0.3, -0.25) is 9.69 Å². The van der Waals surface area contributed by atoms with Crippen LogP contribution in [0.5, 0.6) is 0 Å². The van der Waals surface area contributed by atoms with Crippen LogP contribution in [-0.4, -0.2) is 27.9 Å². The molecule has 4 aromatic rings. The standard InChI is InChI=1S/C23H17N3O3S/c1-14(29-23(28)15-10-11-16-17(12-15)25-13-24-16)22(27)26-18-6-2-4-8-20(18)30-21-9-5-3-7-19(21)26/h2-14H,1H3,(H,24,25). The number of amides is 1. The first-order chi connectivity index (χ1) is 14.6. The zero-order chi connectivity index (χ0) is 20.7. The average molecular weight is 415 g/mol. The van der Waals surface area contributed by atoms with E-state index in [9.17, 15) is 9.59 Å². The molecule has 7 heteroatoms. The van der Waals surface area contributed by atoms with E-state index < -0.39 is 12.1 Å². The highest BCUT2D eigenvalue weighted by molar-refractivity contribution is 7.99. The van der Waals surface area contributed by atoms with Crippen LogP contribution < -0.4 is 4.90 Å². The Labute approximate surface area is 176 Å². The number of ether oxygens (including phenoxy) is 1. The number of anilines is 2. The van der Waals surface area contributed by atoms with Gasteiger partial charge in [-0.15, -0.1) is 0 Å². The minimum atomic E-state index is -0.959. The molecule has 0 fully saturated rings. The molecular weight excluding hydrogens is 398 g/mol. The maximum absolute atomic E-state index is 13.4. The van der Waals surface area contributed by atoms with Crippen molar-refractivity contribution < 1.29 is 14.3 Å². The first kappa shape index (κ1) is 18.4. The minimum absolute atomic E-state index is 0.300. The predicted molar refractivity (Wildman–Crippen MR) is 115 cm³/mol.